The largest absolute Gasteiger partial charge is 0.326 e. The van der Waals surface area contributed by atoms with Gasteiger partial charge in [-0.05, 0) is 17.7 Å². The molecule has 0 spiro atoms. The van der Waals surface area contributed by atoms with Crippen molar-refractivity contribution in [2.24, 2.45) is 5.73 Å². The van der Waals surface area contributed by atoms with Crippen molar-refractivity contribution >= 4 is 35.1 Å². The van der Waals surface area contributed by atoms with Crippen molar-refractivity contribution in [3.05, 3.63) is 34.9 Å². The van der Waals surface area contributed by atoms with Crippen molar-refractivity contribution in [2.75, 3.05) is 11.5 Å². The molecule has 4 heteroatoms. The van der Waals surface area contributed by atoms with Crippen molar-refractivity contribution in [2.45, 2.75) is 10.6 Å². The normalized spacial score (nSPS) is 27.6. The molecule has 0 aromatic heterocycles. The van der Waals surface area contributed by atoms with E-state index in [1.165, 1.54) is 5.56 Å². The fourth-order valence-corrected chi connectivity index (χ4v) is 4.24. The van der Waals surface area contributed by atoms with E-state index in [0.717, 1.165) is 16.5 Å². The van der Waals surface area contributed by atoms with Gasteiger partial charge in [0.25, 0.3) is 0 Å². The van der Waals surface area contributed by atoms with Crippen molar-refractivity contribution in [1.29, 1.82) is 0 Å². The maximum Gasteiger partial charge on any atom is 0.0752 e. The molecule has 1 saturated heterocycles. The molecule has 14 heavy (non-hydrogen) atoms. The molecule has 1 heterocycles. The maximum atomic E-state index is 5.84. The van der Waals surface area contributed by atoms with Crippen LogP contribution in [0.2, 0.25) is 5.02 Å². The van der Waals surface area contributed by atoms with Crippen LogP contribution in [-0.4, -0.2) is 17.5 Å². The molecule has 76 valence electrons. The molecule has 0 amide bonds. The van der Waals surface area contributed by atoms with E-state index >= 15 is 0 Å². The summed E-state index contributed by atoms with van der Waals surface area (Å²) in [5, 5.41) is 0.802. The van der Waals surface area contributed by atoms with Gasteiger partial charge in [-0.1, -0.05) is 23.7 Å². The van der Waals surface area contributed by atoms with E-state index in [1.54, 1.807) is 0 Å². The Morgan fingerprint density at radius 3 is 2.29 bits per heavy atom. The highest BCUT2D eigenvalue weighted by Crippen LogP contribution is 2.43. The fourth-order valence-electron chi connectivity index (χ4n) is 1.33. The zero-order chi connectivity index (χ0) is 9.97. The van der Waals surface area contributed by atoms with Gasteiger partial charge in [0.2, 0.25) is 0 Å². The average Bonchev–Trinajstić information content (AvgIpc) is 2.21. The molecule has 1 aliphatic rings. The molecule has 2 rings (SSSR count). The molecule has 1 nitrogen and oxygen atoms in total. The van der Waals surface area contributed by atoms with E-state index in [4.69, 9.17) is 17.3 Å². The van der Waals surface area contributed by atoms with E-state index in [-0.39, 0.29) is 0 Å². The first-order valence-electron chi connectivity index (χ1n) is 4.50. The van der Waals surface area contributed by atoms with Crippen molar-refractivity contribution < 1.29 is 0 Å². The van der Waals surface area contributed by atoms with Crippen LogP contribution in [0.5, 0.6) is 0 Å². The molecular formula is C10H12ClNS2. The Balaban J connectivity index is 2.05. The Hall–Kier alpha value is 0.170. The van der Waals surface area contributed by atoms with Crippen LogP contribution in [-0.2, 0) is 0 Å². The highest BCUT2D eigenvalue weighted by molar-refractivity contribution is 8.17. The lowest BCUT2D eigenvalue weighted by Gasteiger charge is -2.25. The summed E-state index contributed by atoms with van der Waals surface area (Å²) in [6.45, 7) is 0. The predicted octanol–water partition coefficient (Wildman–Crippen LogP) is 3.15. The summed E-state index contributed by atoms with van der Waals surface area (Å²) in [7, 11) is 0. The van der Waals surface area contributed by atoms with Crippen LogP contribution < -0.4 is 5.73 Å². The van der Waals surface area contributed by atoms with Gasteiger partial charge in [-0.25, -0.2) is 0 Å². The highest BCUT2D eigenvalue weighted by atomic mass is 35.5. The molecule has 0 radical (unpaired) electrons. The summed E-state index contributed by atoms with van der Waals surface area (Å²) in [4.78, 5) is 0. The molecule has 0 aliphatic carbocycles. The third-order valence-corrected chi connectivity index (χ3v) is 5.53. The predicted molar refractivity (Wildman–Crippen MR) is 67.1 cm³/mol. The molecule has 2 N–H and O–H groups in total. The van der Waals surface area contributed by atoms with Crippen LogP contribution in [0.1, 0.15) is 10.1 Å². The minimum atomic E-state index is 0.355. The molecule has 0 bridgehead atoms. The van der Waals surface area contributed by atoms with Crippen molar-refractivity contribution in [3.63, 3.8) is 0 Å². The SMILES string of the molecule is NC1CSC(c2ccc(Cl)cc2)SC1. The van der Waals surface area contributed by atoms with E-state index in [1.807, 2.05) is 35.7 Å². The number of rotatable bonds is 1. The Morgan fingerprint density at radius 1 is 1.14 bits per heavy atom. The topological polar surface area (TPSA) is 26.0 Å². The second kappa shape index (κ2) is 4.79. The molecule has 1 fully saturated rings. The molecule has 0 saturated carbocycles. The minimum absolute atomic E-state index is 0.355. The van der Waals surface area contributed by atoms with Gasteiger partial charge in [-0.2, -0.15) is 0 Å². The van der Waals surface area contributed by atoms with Crippen LogP contribution in [0.3, 0.4) is 0 Å². The number of benzene rings is 1. The molecule has 0 unspecified atom stereocenters. The zero-order valence-corrected chi connectivity index (χ0v) is 10.0. The second-order valence-corrected chi connectivity index (χ2v) is 6.32. The van der Waals surface area contributed by atoms with E-state index < -0.39 is 0 Å². The van der Waals surface area contributed by atoms with E-state index in [9.17, 15) is 0 Å². The summed E-state index contributed by atoms with van der Waals surface area (Å²) in [6.07, 6.45) is 0. The van der Waals surface area contributed by atoms with Crippen LogP contribution in [0.15, 0.2) is 24.3 Å². The first-order chi connectivity index (χ1) is 6.75. The first-order valence-corrected chi connectivity index (χ1v) is 6.97. The summed E-state index contributed by atoms with van der Waals surface area (Å²) in [5.41, 5.74) is 7.18. The average molecular weight is 246 g/mol. The third-order valence-electron chi connectivity index (χ3n) is 2.07. The zero-order valence-electron chi connectivity index (χ0n) is 7.65. The maximum absolute atomic E-state index is 5.84. The molecule has 1 aromatic carbocycles. The van der Waals surface area contributed by atoms with E-state index in [0.29, 0.717) is 10.6 Å². The Bertz CT molecular complexity index is 293. The number of nitrogens with two attached hydrogens (primary N) is 1. The van der Waals surface area contributed by atoms with Crippen molar-refractivity contribution in [1.82, 2.24) is 0 Å². The Kier molecular flexibility index (Phi) is 3.66. The summed E-state index contributed by atoms with van der Waals surface area (Å²) >= 11 is 9.69. The minimum Gasteiger partial charge on any atom is -0.326 e. The van der Waals surface area contributed by atoms with Gasteiger partial charge in [0.05, 0.1) is 4.58 Å². The van der Waals surface area contributed by atoms with Gasteiger partial charge in [0.1, 0.15) is 0 Å². The lowest BCUT2D eigenvalue weighted by molar-refractivity contribution is 0.852. The molecule has 1 aliphatic heterocycles. The lowest BCUT2D eigenvalue weighted by atomic mass is 10.2. The number of hydrogen-bond donors (Lipinski definition) is 1. The second-order valence-electron chi connectivity index (χ2n) is 3.31. The lowest BCUT2D eigenvalue weighted by Crippen LogP contribution is -2.29. The van der Waals surface area contributed by atoms with Gasteiger partial charge in [-0.3, -0.25) is 0 Å². The van der Waals surface area contributed by atoms with Crippen LogP contribution in [0.4, 0.5) is 0 Å². The number of thioether (sulfide) groups is 2. The smallest absolute Gasteiger partial charge is 0.0752 e. The Morgan fingerprint density at radius 2 is 1.71 bits per heavy atom. The van der Waals surface area contributed by atoms with Crippen LogP contribution >= 0.6 is 35.1 Å². The third kappa shape index (κ3) is 2.60. The fraction of sp³-hybridized carbons (Fsp3) is 0.400. The molecule has 1 aromatic rings. The first kappa shape index (κ1) is 10.7. The summed E-state index contributed by atoms with van der Waals surface area (Å²) < 4.78 is 0.534. The number of halogens is 1. The van der Waals surface area contributed by atoms with Crippen LogP contribution in [0, 0.1) is 0 Å². The summed E-state index contributed by atoms with van der Waals surface area (Å²) in [5.74, 6) is 2.11. The Labute approximate surface area is 97.8 Å². The van der Waals surface area contributed by atoms with Crippen LogP contribution in [0.25, 0.3) is 0 Å². The van der Waals surface area contributed by atoms with Gasteiger partial charge < -0.3 is 5.73 Å². The standard InChI is InChI=1S/C10H12ClNS2/c11-8-3-1-7(2-4-8)10-13-5-9(12)6-14-10/h1-4,9-10H,5-6,12H2. The molecular weight excluding hydrogens is 234 g/mol. The van der Waals surface area contributed by atoms with Gasteiger partial charge >= 0.3 is 0 Å². The van der Waals surface area contributed by atoms with Gasteiger partial charge in [0.15, 0.2) is 0 Å². The van der Waals surface area contributed by atoms with Crippen molar-refractivity contribution in [3.8, 4) is 0 Å². The quantitative estimate of drug-likeness (QED) is 0.823. The monoisotopic (exact) mass is 245 g/mol. The van der Waals surface area contributed by atoms with Gasteiger partial charge in [-0.15, -0.1) is 23.5 Å². The highest BCUT2D eigenvalue weighted by Gasteiger charge is 2.20. The van der Waals surface area contributed by atoms with Gasteiger partial charge in [0, 0.05) is 22.6 Å². The van der Waals surface area contributed by atoms with E-state index in [2.05, 4.69) is 12.1 Å². The molecule has 0 atom stereocenters. The summed E-state index contributed by atoms with van der Waals surface area (Å²) in [6, 6.07) is 8.46. The number of hydrogen-bond acceptors (Lipinski definition) is 3.